The van der Waals surface area contributed by atoms with Crippen molar-refractivity contribution in [3.05, 3.63) is 29.6 Å². The van der Waals surface area contributed by atoms with Gasteiger partial charge in [-0.2, -0.15) is 0 Å². The second kappa shape index (κ2) is 6.88. The van der Waals surface area contributed by atoms with E-state index in [0.29, 0.717) is 11.3 Å². The Morgan fingerprint density at radius 2 is 1.73 bits per heavy atom. The predicted octanol–water partition coefficient (Wildman–Crippen LogP) is 2.91. The van der Waals surface area contributed by atoms with Crippen molar-refractivity contribution in [2.75, 3.05) is 5.73 Å². The molecular formula is C10H17Cl2FN2. The van der Waals surface area contributed by atoms with E-state index in [-0.39, 0.29) is 42.6 Å². The van der Waals surface area contributed by atoms with Gasteiger partial charge in [0.05, 0.1) is 0 Å². The molecule has 0 saturated heterocycles. The van der Waals surface area contributed by atoms with Gasteiger partial charge in [-0.3, -0.25) is 0 Å². The summed E-state index contributed by atoms with van der Waals surface area (Å²) in [6, 6.07) is 4.09. The normalized spacial score (nSPS) is 11.5. The van der Waals surface area contributed by atoms with Gasteiger partial charge < -0.3 is 11.5 Å². The van der Waals surface area contributed by atoms with Gasteiger partial charge in [-0.05, 0) is 29.7 Å². The van der Waals surface area contributed by atoms with Crippen LogP contribution in [0.3, 0.4) is 0 Å². The summed E-state index contributed by atoms with van der Waals surface area (Å²) in [4.78, 5) is 0. The van der Waals surface area contributed by atoms with Gasteiger partial charge in [0.2, 0.25) is 0 Å². The number of nitrogen functional groups attached to an aromatic ring is 1. The highest BCUT2D eigenvalue weighted by Crippen LogP contribution is 2.24. The summed E-state index contributed by atoms with van der Waals surface area (Å²) >= 11 is 0. The van der Waals surface area contributed by atoms with Crippen LogP contribution < -0.4 is 11.5 Å². The Bertz CT molecular complexity index is 305. The number of nitrogens with two attached hydrogens (primary N) is 2. The van der Waals surface area contributed by atoms with Crippen molar-refractivity contribution in [2.45, 2.75) is 19.9 Å². The molecule has 0 bridgehead atoms. The molecule has 0 amide bonds. The summed E-state index contributed by atoms with van der Waals surface area (Å²) in [7, 11) is 0. The molecule has 1 atom stereocenters. The molecule has 0 aliphatic carbocycles. The predicted molar refractivity (Wildman–Crippen MR) is 67.1 cm³/mol. The molecule has 0 radical (unpaired) electrons. The van der Waals surface area contributed by atoms with Crippen LogP contribution in [0, 0.1) is 11.7 Å². The van der Waals surface area contributed by atoms with Crippen molar-refractivity contribution in [3.63, 3.8) is 0 Å². The topological polar surface area (TPSA) is 52.0 Å². The first-order valence-corrected chi connectivity index (χ1v) is 4.33. The van der Waals surface area contributed by atoms with E-state index in [4.69, 9.17) is 11.5 Å². The van der Waals surface area contributed by atoms with Crippen molar-refractivity contribution in [2.24, 2.45) is 11.7 Å². The fraction of sp³-hybridized carbons (Fsp3) is 0.400. The molecule has 1 aromatic carbocycles. The van der Waals surface area contributed by atoms with E-state index < -0.39 is 0 Å². The molecule has 4 N–H and O–H groups in total. The first kappa shape index (κ1) is 16.9. The molecule has 1 rings (SSSR count). The molecule has 0 aromatic heterocycles. The monoisotopic (exact) mass is 254 g/mol. The van der Waals surface area contributed by atoms with Crippen molar-refractivity contribution >= 4 is 30.5 Å². The van der Waals surface area contributed by atoms with Crippen LogP contribution in [0.25, 0.3) is 0 Å². The zero-order valence-corrected chi connectivity index (χ0v) is 10.4. The summed E-state index contributed by atoms with van der Waals surface area (Å²) in [5.41, 5.74) is 12.8. The van der Waals surface area contributed by atoms with Crippen LogP contribution >= 0.6 is 24.8 Å². The highest BCUT2D eigenvalue weighted by molar-refractivity contribution is 5.85. The average Bonchev–Trinajstić information content (AvgIpc) is 2.08. The lowest BCUT2D eigenvalue weighted by Gasteiger charge is -2.17. The van der Waals surface area contributed by atoms with Crippen LogP contribution in [-0.2, 0) is 0 Å². The smallest absolute Gasteiger partial charge is 0.123 e. The fourth-order valence-electron chi connectivity index (χ4n) is 1.19. The summed E-state index contributed by atoms with van der Waals surface area (Å²) in [5.74, 6) is -0.0376. The van der Waals surface area contributed by atoms with Crippen LogP contribution in [0.4, 0.5) is 10.1 Å². The van der Waals surface area contributed by atoms with Crippen LogP contribution in [0.5, 0.6) is 0 Å². The molecule has 0 unspecified atom stereocenters. The van der Waals surface area contributed by atoms with Gasteiger partial charge >= 0.3 is 0 Å². The van der Waals surface area contributed by atoms with Crippen molar-refractivity contribution in [3.8, 4) is 0 Å². The van der Waals surface area contributed by atoms with Crippen molar-refractivity contribution in [1.82, 2.24) is 0 Å². The first-order valence-electron chi connectivity index (χ1n) is 4.33. The molecule has 0 heterocycles. The maximum Gasteiger partial charge on any atom is 0.123 e. The molecule has 0 spiro atoms. The van der Waals surface area contributed by atoms with E-state index >= 15 is 0 Å². The minimum Gasteiger partial charge on any atom is -0.398 e. The quantitative estimate of drug-likeness (QED) is 0.798. The molecule has 1 aromatic rings. The van der Waals surface area contributed by atoms with Gasteiger partial charge in [-0.1, -0.05) is 13.8 Å². The minimum absolute atomic E-state index is 0. The number of hydrogen-bond donors (Lipinski definition) is 2. The van der Waals surface area contributed by atoms with Gasteiger partial charge in [0.1, 0.15) is 5.82 Å². The zero-order valence-electron chi connectivity index (χ0n) is 8.74. The minimum atomic E-state index is -0.291. The van der Waals surface area contributed by atoms with Gasteiger partial charge in [-0.15, -0.1) is 24.8 Å². The van der Waals surface area contributed by atoms with E-state index in [1.165, 1.54) is 12.1 Å². The van der Waals surface area contributed by atoms with E-state index in [1.807, 2.05) is 13.8 Å². The highest BCUT2D eigenvalue weighted by atomic mass is 35.5. The summed E-state index contributed by atoms with van der Waals surface area (Å²) in [6.07, 6.45) is 0. The van der Waals surface area contributed by atoms with Crippen LogP contribution in [-0.4, -0.2) is 0 Å². The highest BCUT2D eigenvalue weighted by Gasteiger charge is 2.13. The lowest BCUT2D eigenvalue weighted by atomic mass is 9.96. The van der Waals surface area contributed by atoms with Crippen LogP contribution in [0.15, 0.2) is 18.2 Å². The van der Waals surface area contributed by atoms with E-state index in [2.05, 4.69) is 0 Å². The Labute approximate surface area is 102 Å². The lowest BCUT2D eigenvalue weighted by Crippen LogP contribution is -2.18. The number of anilines is 1. The second-order valence-electron chi connectivity index (χ2n) is 3.54. The molecular weight excluding hydrogens is 238 g/mol. The van der Waals surface area contributed by atoms with Gasteiger partial charge in [0, 0.05) is 11.7 Å². The van der Waals surface area contributed by atoms with Gasteiger partial charge in [0.15, 0.2) is 0 Å². The van der Waals surface area contributed by atoms with Crippen molar-refractivity contribution < 1.29 is 4.39 Å². The second-order valence-corrected chi connectivity index (χ2v) is 3.54. The zero-order chi connectivity index (χ0) is 10.0. The van der Waals surface area contributed by atoms with Crippen LogP contribution in [0.2, 0.25) is 0 Å². The third kappa shape index (κ3) is 4.24. The largest absolute Gasteiger partial charge is 0.398 e. The Kier molecular flexibility index (Phi) is 7.75. The summed E-state index contributed by atoms with van der Waals surface area (Å²) < 4.78 is 12.9. The van der Waals surface area contributed by atoms with E-state index in [9.17, 15) is 4.39 Å². The molecule has 0 fully saturated rings. The molecule has 0 aliphatic rings. The fourth-order valence-corrected chi connectivity index (χ4v) is 1.19. The number of rotatable bonds is 2. The first-order chi connectivity index (χ1) is 6.02. The van der Waals surface area contributed by atoms with Gasteiger partial charge in [-0.25, -0.2) is 4.39 Å². The number of hydrogen-bond acceptors (Lipinski definition) is 2. The number of halogens is 3. The molecule has 15 heavy (non-hydrogen) atoms. The van der Waals surface area contributed by atoms with E-state index in [0.717, 1.165) is 0 Å². The summed E-state index contributed by atoms with van der Waals surface area (Å²) in [6.45, 7) is 3.96. The maximum atomic E-state index is 12.9. The Balaban J connectivity index is 0. The SMILES string of the molecule is CC(C)[C@H](N)c1cc(F)ccc1N.Cl.Cl. The Hall–Kier alpha value is -0.510. The third-order valence-electron chi connectivity index (χ3n) is 2.13. The lowest BCUT2D eigenvalue weighted by molar-refractivity contribution is 0.511. The van der Waals surface area contributed by atoms with Gasteiger partial charge in [0.25, 0.3) is 0 Å². The van der Waals surface area contributed by atoms with E-state index in [1.54, 1.807) is 6.07 Å². The Morgan fingerprint density at radius 3 is 2.20 bits per heavy atom. The molecule has 5 heteroatoms. The standard InChI is InChI=1S/C10H15FN2.2ClH/c1-6(2)10(13)8-5-7(11)3-4-9(8)12;;/h3-6,10H,12-13H2,1-2H3;2*1H/t10-;;/m0../s1. The maximum absolute atomic E-state index is 12.9. The Morgan fingerprint density at radius 1 is 1.20 bits per heavy atom. The van der Waals surface area contributed by atoms with Crippen LogP contribution in [0.1, 0.15) is 25.5 Å². The molecule has 88 valence electrons. The average molecular weight is 255 g/mol. The molecule has 0 saturated carbocycles. The number of benzene rings is 1. The molecule has 0 aliphatic heterocycles. The van der Waals surface area contributed by atoms with Crippen molar-refractivity contribution in [1.29, 1.82) is 0 Å². The third-order valence-corrected chi connectivity index (χ3v) is 2.13. The molecule has 2 nitrogen and oxygen atoms in total. The summed E-state index contributed by atoms with van der Waals surface area (Å²) in [5, 5.41) is 0.